The molecule has 0 aliphatic carbocycles. The van der Waals surface area contributed by atoms with Gasteiger partial charge in [0.25, 0.3) is 0 Å². The van der Waals surface area contributed by atoms with Crippen LogP contribution in [0.3, 0.4) is 0 Å². The van der Waals surface area contributed by atoms with Crippen molar-refractivity contribution in [2.24, 2.45) is 0 Å². The van der Waals surface area contributed by atoms with E-state index in [0.717, 1.165) is 11.3 Å². The van der Waals surface area contributed by atoms with Crippen molar-refractivity contribution in [3.63, 3.8) is 0 Å². The summed E-state index contributed by atoms with van der Waals surface area (Å²) in [4.78, 5) is 12.2. The van der Waals surface area contributed by atoms with Crippen LogP contribution in [0.4, 0.5) is 11.4 Å². The van der Waals surface area contributed by atoms with E-state index in [9.17, 15) is 9.90 Å². The summed E-state index contributed by atoms with van der Waals surface area (Å²) in [5.41, 5.74) is 2.19. The van der Waals surface area contributed by atoms with E-state index >= 15 is 0 Å². The highest BCUT2D eigenvalue weighted by Gasteiger charge is 2.13. The number of carbonyl (C=O) groups excluding carboxylic acids is 1. The largest absolute Gasteiger partial charge is 0.394 e. The molecule has 0 saturated carbocycles. The molecule has 3 N–H and O–H groups in total. The van der Waals surface area contributed by atoms with Crippen LogP contribution in [0.25, 0.3) is 0 Å². The number of amides is 1. The molecule has 1 atom stereocenters. The number of aliphatic hydroxyl groups is 1. The summed E-state index contributed by atoms with van der Waals surface area (Å²) in [6.45, 7) is 1.84. The van der Waals surface area contributed by atoms with Crippen molar-refractivity contribution < 1.29 is 9.90 Å². The summed E-state index contributed by atoms with van der Waals surface area (Å²) >= 11 is 12.4. The molecule has 6 heteroatoms. The third kappa shape index (κ3) is 4.87. The van der Waals surface area contributed by atoms with Gasteiger partial charge in [0.1, 0.15) is 0 Å². The molecule has 2 aromatic rings. The van der Waals surface area contributed by atoms with Gasteiger partial charge in [-0.25, -0.2) is 0 Å². The molecule has 24 heavy (non-hydrogen) atoms. The normalized spacial score (nSPS) is 11.8. The first-order chi connectivity index (χ1) is 11.5. The number of rotatable bonds is 7. The Morgan fingerprint density at radius 1 is 1.12 bits per heavy atom. The van der Waals surface area contributed by atoms with Crippen LogP contribution in [0.15, 0.2) is 42.5 Å². The van der Waals surface area contributed by atoms with E-state index < -0.39 is 0 Å². The van der Waals surface area contributed by atoms with E-state index in [2.05, 4.69) is 10.6 Å². The fourth-order valence-corrected chi connectivity index (χ4v) is 2.77. The maximum atomic E-state index is 12.2. The molecule has 0 spiro atoms. The lowest BCUT2D eigenvalue weighted by Gasteiger charge is -2.16. The Kier molecular flexibility index (Phi) is 6.91. The molecule has 4 nitrogen and oxygen atoms in total. The Labute approximate surface area is 151 Å². The molecule has 1 unspecified atom stereocenters. The van der Waals surface area contributed by atoms with Crippen molar-refractivity contribution in [3.8, 4) is 0 Å². The molecule has 0 heterocycles. The molecule has 0 radical (unpaired) electrons. The van der Waals surface area contributed by atoms with E-state index in [1.54, 1.807) is 18.2 Å². The standard InChI is InChI=1S/C18H20Cl2N2O2/c1-2-13(11-23)21-17(24)10-12-6-3-4-9-16(12)22-18-14(19)7-5-8-15(18)20/h3-9,13,22-23H,2,10-11H2,1H3,(H,21,24). The van der Waals surface area contributed by atoms with Gasteiger partial charge in [0.2, 0.25) is 5.91 Å². The van der Waals surface area contributed by atoms with Gasteiger partial charge in [-0.15, -0.1) is 0 Å². The number of nitrogens with one attached hydrogen (secondary N) is 2. The Hall–Kier alpha value is -1.75. The lowest BCUT2D eigenvalue weighted by atomic mass is 10.1. The molecular weight excluding hydrogens is 347 g/mol. The molecule has 0 aromatic heterocycles. The molecule has 0 fully saturated rings. The number of benzene rings is 2. The summed E-state index contributed by atoms with van der Waals surface area (Å²) in [6, 6.07) is 12.5. The van der Waals surface area contributed by atoms with E-state index in [-0.39, 0.29) is 25.0 Å². The molecule has 1 amide bonds. The van der Waals surface area contributed by atoms with Gasteiger partial charge in [0.15, 0.2) is 0 Å². The third-order valence-corrected chi connectivity index (χ3v) is 4.30. The van der Waals surface area contributed by atoms with Gasteiger partial charge in [0.05, 0.1) is 34.8 Å². The van der Waals surface area contributed by atoms with Crippen LogP contribution in [0.2, 0.25) is 10.0 Å². The highest BCUT2D eigenvalue weighted by molar-refractivity contribution is 6.39. The SMILES string of the molecule is CCC(CO)NC(=O)Cc1ccccc1Nc1c(Cl)cccc1Cl. The number of hydrogen-bond acceptors (Lipinski definition) is 3. The van der Waals surface area contributed by atoms with E-state index in [1.807, 2.05) is 31.2 Å². The predicted octanol–water partition coefficient (Wildman–Crippen LogP) is 4.17. The number of aliphatic hydroxyl groups excluding tert-OH is 1. The molecule has 0 bridgehead atoms. The van der Waals surface area contributed by atoms with Gasteiger partial charge in [-0.2, -0.15) is 0 Å². The number of anilines is 2. The lowest BCUT2D eigenvalue weighted by Crippen LogP contribution is -2.37. The van der Waals surface area contributed by atoms with Crippen LogP contribution in [0, 0.1) is 0 Å². The first kappa shape index (κ1) is 18.6. The average Bonchev–Trinajstić information content (AvgIpc) is 2.57. The monoisotopic (exact) mass is 366 g/mol. The Bertz CT molecular complexity index is 683. The van der Waals surface area contributed by atoms with Gasteiger partial charge in [-0.05, 0) is 30.2 Å². The van der Waals surface area contributed by atoms with Crippen LogP contribution >= 0.6 is 23.2 Å². The second kappa shape index (κ2) is 8.92. The Morgan fingerprint density at radius 2 is 1.79 bits per heavy atom. The highest BCUT2D eigenvalue weighted by Crippen LogP contribution is 2.33. The minimum absolute atomic E-state index is 0.0721. The zero-order valence-corrected chi connectivity index (χ0v) is 14.9. The first-order valence-electron chi connectivity index (χ1n) is 7.74. The number of halogens is 2. The third-order valence-electron chi connectivity index (χ3n) is 3.67. The van der Waals surface area contributed by atoms with Crippen molar-refractivity contribution in [2.45, 2.75) is 25.8 Å². The molecule has 2 aromatic carbocycles. The van der Waals surface area contributed by atoms with Gasteiger partial charge in [0, 0.05) is 5.69 Å². The first-order valence-corrected chi connectivity index (χ1v) is 8.49. The number of hydrogen-bond donors (Lipinski definition) is 3. The van der Waals surface area contributed by atoms with Crippen LogP contribution in [-0.4, -0.2) is 23.7 Å². The van der Waals surface area contributed by atoms with Gasteiger partial charge in [-0.1, -0.05) is 54.4 Å². The molecule has 0 aliphatic heterocycles. The topological polar surface area (TPSA) is 61.4 Å². The fraction of sp³-hybridized carbons (Fsp3) is 0.278. The second-order valence-electron chi connectivity index (χ2n) is 5.41. The maximum absolute atomic E-state index is 12.2. The summed E-state index contributed by atoms with van der Waals surface area (Å²) in [6.07, 6.45) is 0.874. The number of carbonyl (C=O) groups is 1. The fourth-order valence-electron chi connectivity index (χ4n) is 2.28. The Morgan fingerprint density at radius 3 is 2.42 bits per heavy atom. The van der Waals surface area contributed by atoms with E-state index in [1.165, 1.54) is 0 Å². The lowest BCUT2D eigenvalue weighted by molar-refractivity contribution is -0.121. The number of para-hydroxylation sites is 2. The van der Waals surface area contributed by atoms with E-state index in [0.29, 0.717) is 22.2 Å². The van der Waals surface area contributed by atoms with Crippen molar-refractivity contribution >= 4 is 40.5 Å². The smallest absolute Gasteiger partial charge is 0.224 e. The summed E-state index contributed by atoms with van der Waals surface area (Å²) < 4.78 is 0. The molecule has 2 rings (SSSR count). The Balaban J connectivity index is 2.17. The van der Waals surface area contributed by atoms with Gasteiger partial charge in [-0.3, -0.25) is 4.79 Å². The van der Waals surface area contributed by atoms with Crippen molar-refractivity contribution in [1.29, 1.82) is 0 Å². The summed E-state index contributed by atoms with van der Waals surface area (Å²) in [5.74, 6) is -0.143. The minimum Gasteiger partial charge on any atom is -0.394 e. The van der Waals surface area contributed by atoms with Crippen LogP contribution < -0.4 is 10.6 Å². The van der Waals surface area contributed by atoms with Crippen LogP contribution in [0.5, 0.6) is 0 Å². The second-order valence-corrected chi connectivity index (χ2v) is 6.23. The summed E-state index contributed by atoms with van der Waals surface area (Å²) in [7, 11) is 0. The zero-order valence-electron chi connectivity index (χ0n) is 13.4. The van der Waals surface area contributed by atoms with Crippen LogP contribution in [-0.2, 0) is 11.2 Å². The summed E-state index contributed by atoms with van der Waals surface area (Å²) in [5, 5.41) is 16.2. The molecule has 0 saturated heterocycles. The average molecular weight is 367 g/mol. The molecular formula is C18H20Cl2N2O2. The van der Waals surface area contributed by atoms with Crippen molar-refractivity contribution in [1.82, 2.24) is 5.32 Å². The quantitative estimate of drug-likeness (QED) is 0.689. The van der Waals surface area contributed by atoms with Gasteiger partial charge < -0.3 is 15.7 Å². The molecule has 0 aliphatic rings. The van der Waals surface area contributed by atoms with E-state index in [4.69, 9.17) is 23.2 Å². The highest BCUT2D eigenvalue weighted by atomic mass is 35.5. The predicted molar refractivity (Wildman–Crippen MR) is 99.2 cm³/mol. The van der Waals surface area contributed by atoms with Gasteiger partial charge >= 0.3 is 0 Å². The molecule has 128 valence electrons. The van der Waals surface area contributed by atoms with Crippen LogP contribution in [0.1, 0.15) is 18.9 Å². The van der Waals surface area contributed by atoms with Crippen molar-refractivity contribution in [2.75, 3.05) is 11.9 Å². The van der Waals surface area contributed by atoms with Crippen molar-refractivity contribution in [3.05, 3.63) is 58.1 Å². The minimum atomic E-state index is -0.226. The maximum Gasteiger partial charge on any atom is 0.224 e. The zero-order chi connectivity index (χ0) is 17.5.